The highest BCUT2D eigenvalue weighted by molar-refractivity contribution is 5.97. The second kappa shape index (κ2) is 6.41. The van der Waals surface area contributed by atoms with Crippen molar-refractivity contribution in [2.45, 2.75) is 33.7 Å². The van der Waals surface area contributed by atoms with E-state index < -0.39 is 0 Å². The lowest BCUT2D eigenvalue weighted by atomic mass is 9.88. The van der Waals surface area contributed by atoms with Gasteiger partial charge in [0.25, 0.3) is 0 Å². The van der Waals surface area contributed by atoms with Gasteiger partial charge in [-0.2, -0.15) is 0 Å². The maximum Gasteiger partial charge on any atom is 0.228 e. The fraction of sp³-hybridized carbons (Fsp3) is 0.467. The molecule has 5 nitrogen and oxygen atoms in total. The molecule has 0 spiro atoms. The molecule has 1 aromatic carbocycles. The van der Waals surface area contributed by atoms with E-state index in [1.54, 1.807) is 18.0 Å². The summed E-state index contributed by atoms with van der Waals surface area (Å²) in [5.74, 6) is 0.170. The Bertz CT molecular complexity index is 510. The molecule has 1 aromatic rings. The zero-order valence-corrected chi connectivity index (χ0v) is 12.6. The summed E-state index contributed by atoms with van der Waals surface area (Å²) < 4.78 is 0. The summed E-state index contributed by atoms with van der Waals surface area (Å²) in [5.41, 5.74) is 6.78. The third-order valence-corrected chi connectivity index (χ3v) is 3.56. The first-order valence-corrected chi connectivity index (χ1v) is 6.64. The lowest BCUT2D eigenvalue weighted by Gasteiger charge is -2.28. The minimum absolute atomic E-state index is 0.0646. The summed E-state index contributed by atoms with van der Waals surface area (Å²) in [4.78, 5) is 14.0. The molecule has 0 aliphatic carbocycles. The molecule has 1 amide bonds. The predicted octanol–water partition coefficient (Wildman–Crippen LogP) is 2.18. The number of amides is 1. The number of nitrogens with two attached hydrogens (primary N) is 1. The van der Waals surface area contributed by atoms with Gasteiger partial charge in [0.2, 0.25) is 5.91 Å². The normalized spacial score (nSPS) is 12.3. The van der Waals surface area contributed by atoms with Crippen molar-refractivity contribution in [2.75, 3.05) is 7.05 Å². The predicted molar refractivity (Wildman–Crippen MR) is 79.5 cm³/mol. The van der Waals surface area contributed by atoms with E-state index in [0.717, 1.165) is 12.0 Å². The van der Waals surface area contributed by atoms with Gasteiger partial charge >= 0.3 is 0 Å². The topological polar surface area (TPSA) is 78.9 Å². The fourth-order valence-corrected chi connectivity index (χ4v) is 1.90. The van der Waals surface area contributed by atoms with Crippen LogP contribution in [0.15, 0.2) is 29.4 Å². The molecule has 20 heavy (non-hydrogen) atoms. The fourth-order valence-electron chi connectivity index (χ4n) is 1.90. The second-order valence-corrected chi connectivity index (χ2v) is 5.58. The molecule has 0 radical (unpaired) electrons. The Morgan fingerprint density at radius 2 is 2.10 bits per heavy atom. The molecule has 1 rings (SSSR count). The maximum atomic E-state index is 12.3. The van der Waals surface area contributed by atoms with E-state index in [1.807, 2.05) is 39.0 Å². The van der Waals surface area contributed by atoms with Crippen molar-refractivity contribution >= 4 is 11.7 Å². The van der Waals surface area contributed by atoms with Gasteiger partial charge < -0.3 is 15.8 Å². The summed E-state index contributed by atoms with van der Waals surface area (Å²) in [6, 6.07) is 7.32. The van der Waals surface area contributed by atoms with Crippen molar-refractivity contribution in [1.82, 2.24) is 4.90 Å². The van der Waals surface area contributed by atoms with Crippen molar-refractivity contribution in [3.63, 3.8) is 0 Å². The Morgan fingerprint density at radius 3 is 2.65 bits per heavy atom. The smallest absolute Gasteiger partial charge is 0.228 e. The van der Waals surface area contributed by atoms with E-state index in [9.17, 15) is 4.79 Å². The van der Waals surface area contributed by atoms with Crippen LogP contribution in [0.5, 0.6) is 0 Å². The van der Waals surface area contributed by atoms with Crippen LogP contribution in [0, 0.1) is 5.41 Å². The number of carbonyl (C=O) groups excluding carboxylic acids is 1. The molecule has 0 saturated heterocycles. The van der Waals surface area contributed by atoms with Gasteiger partial charge in [-0.25, -0.2) is 0 Å². The number of oxime groups is 1. The quantitative estimate of drug-likeness (QED) is 0.375. The van der Waals surface area contributed by atoms with Gasteiger partial charge in [-0.05, 0) is 18.1 Å². The van der Waals surface area contributed by atoms with Crippen LogP contribution in [0.4, 0.5) is 0 Å². The van der Waals surface area contributed by atoms with Gasteiger partial charge in [-0.15, -0.1) is 0 Å². The molecule has 0 atom stereocenters. The second-order valence-electron chi connectivity index (χ2n) is 5.58. The first-order chi connectivity index (χ1) is 9.31. The van der Waals surface area contributed by atoms with E-state index in [2.05, 4.69) is 5.16 Å². The van der Waals surface area contributed by atoms with Crippen molar-refractivity contribution < 1.29 is 10.0 Å². The van der Waals surface area contributed by atoms with Crippen molar-refractivity contribution in [3.05, 3.63) is 35.4 Å². The van der Waals surface area contributed by atoms with Crippen LogP contribution >= 0.6 is 0 Å². The Balaban J connectivity index is 2.86. The van der Waals surface area contributed by atoms with Crippen molar-refractivity contribution in [1.29, 1.82) is 0 Å². The molecule has 0 aliphatic rings. The Morgan fingerprint density at radius 1 is 1.45 bits per heavy atom. The summed E-state index contributed by atoms with van der Waals surface area (Å²) in [7, 11) is 1.79. The molecular formula is C15H23N3O2. The highest BCUT2D eigenvalue weighted by Crippen LogP contribution is 2.23. The van der Waals surface area contributed by atoms with Crippen LogP contribution in [-0.4, -0.2) is 28.9 Å². The van der Waals surface area contributed by atoms with Crippen LogP contribution in [0.2, 0.25) is 0 Å². The van der Waals surface area contributed by atoms with Crippen LogP contribution < -0.4 is 5.73 Å². The molecule has 0 aromatic heterocycles. The summed E-state index contributed by atoms with van der Waals surface area (Å²) >= 11 is 0. The number of amidine groups is 1. The third kappa shape index (κ3) is 3.73. The lowest BCUT2D eigenvalue weighted by Crippen LogP contribution is -2.37. The molecule has 0 unspecified atom stereocenters. The Labute approximate surface area is 120 Å². The zero-order valence-electron chi connectivity index (χ0n) is 12.6. The highest BCUT2D eigenvalue weighted by Gasteiger charge is 2.28. The number of rotatable bonds is 5. The van der Waals surface area contributed by atoms with Gasteiger partial charge in [-0.1, -0.05) is 44.1 Å². The van der Waals surface area contributed by atoms with E-state index in [4.69, 9.17) is 10.9 Å². The van der Waals surface area contributed by atoms with Gasteiger partial charge in [0.15, 0.2) is 5.84 Å². The van der Waals surface area contributed by atoms with Crippen molar-refractivity contribution in [2.24, 2.45) is 16.3 Å². The average molecular weight is 277 g/mol. The standard InChI is InChI=1S/C15H23N3O2/c1-5-15(2,3)14(19)18(4)10-11-7-6-8-12(9-11)13(16)17-20/h6-9,20H,5,10H2,1-4H3,(H2,16,17). The molecule has 3 N–H and O–H groups in total. The highest BCUT2D eigenvalue weighted by atomic mass is 16.4. The van der Waals surface area contributed by atoms with E-state index in [-0.39, 0.29) is 17.2 Å². The molecular weight excluding hydrogens is 254 g/mol. The van der Waals surface area contributed by atoms with Crippen LogP contribution in [0.25, 0.3) is 0 Å². The van der Waals surface area contributed by atoms with Gasteiger partial charge in [-0.3, -0.25) is 4.79 Å². The SMILES string of the molecule is CCC(C)(C)C(=O)N(C)Cc1cccc(C(N)=NO)c1. The first-order valence-electron chi connectivity index (χ1n) is 6.64. The van der Waals surface area contributed by atoms with Crippen LogP contribution in [0.1, 0.15) is 38.3 Å². The third-order valence-electron chi connectivity index (χ3n) is 3.56. The minimum atomic E-state index is -0.363. The number of benzene rings is 1. The van der Waals surface area contributed by atoms with Gasteiger partial charge in [0, 0.05) is 24.6 Å². The maximum absolute atomic E-state index is 12.3. The molecule has 0 fully saturated rings. The number of carbonyl (C=O) groups is 1. The summed E-state index contributed by atoms with van der Waals surface area (Å²) in [5, 5.41) is 11.7. The van der Waals surface area contributed by atoms with Crippen molar-refractivity contribution in [3.8, 4) is 0 Å². The minimum Gasteiger partial charge on any atom is -0.409 e. The van der Waals surface area contributed by atoms with E-state index in [0.29, 0.717) is 12.1 Å². The summed E-state index contributed by atoms with van der Waals surface area (Å²) in [6.45, 7) is 6.39. The van der Waals surface area contributed by atoms with Crippen LogP contribution in [-0.2, 0) is 11.3 Å². The molecule has 110 valence electrons. The Hall–Kier alpha value is -2.04. The largest absolute Gasteiger partial charge is 0.409 e. The first kappa shape index (κ1) is 16.0. The zero-order chi connectivity index (χ0) is 15.3. The monoisotopic (exact) mass is 277 g/mol. The average Bonchev–Trinajstić information content (AvgIpc) is 2.45. The molecule has 0 saturated carbocycles. The Kier molecular flexibility index (Phi) is 5.13. The molecule has 0 heterocycles. The van der Waals surface area contributed by atoms with Gasteiger partial charge in [0.05, 0.1) is 0 Å². The lowest BCUT2D eigenvalue weighted by molar-refractivity contribution is -0.139. The summed E-state index contributed by atoms with van der Waals surface area (Å²) in [6.07, 6.45) is 0.792. The molecule has 0 bridgehead atoms. The molecule has 0 aliphatic heterocycles. The number of nitrogens with zero attached hydrogens (tertiary/aromatic N) is 2. The number of hydrogen-bond donors (Lipinski definition) is 2. The number of hydrogen-bond acceptors (Lipinski definition) is 3. The van der Waals surface area contributed by atoms with E-state index in [1.165, 1.54) is 0 Å². The molecule has 5 heteroatoms. The van der Waals surface area contributed by atoms with E-state index >= 15 is 0 Å². The van der Waals surface area contributed by atoms with Gasteiger partial charge in [0.1, 0.15) is 0 Å². The van der Waals surface area contributed by atoms with Crippen LogP contribution in [0.3, 0.4) is 0 Å².